The molecule has 0 radical (unpaired) electrons. The highest BCUT2D eigenvalue weighted by Crippen LogP contribution is 2.17. The predicted molar refractivity (Wildman–Crippen MR) is 120 cm³/mol. The first-order valence-electron chi connectivity index (χ1n) is 10.4. The highest BCUT2D eigenvalue weighted by Gasteiger charge is 2.27. The zero-order valence-corrected chi connectivity index (χ0v) is 19.3. The van der Waals surface area contributed by atoms with Crippen LogP contribution in [-0.2, 0) is 28.5 Å². The Morgan fingerprint density at radius 1 is 0.765 bits per heavy atom. The van der Waals surface area contributed by atoms with E-state index in [9.17, 15) is 29.4 Å². The first-order chi connectivity index (χ1) is 15.9. The second kappa shape index (κ2) is 13.3. The fourth-order valence-corrected chi connectivity index (χ4v) is 2.44. The predicted octanol–water partition coefficient (Wildman–Crippen LogP) is 1.74. The lowest BCUT2D eigenvalue weighted by Crippen LogP contribution is -2.34. The number of ether oxygens (including phenoxy) is 4. The maximum absolute atomic E-state index is 12.5. The SMILES string of the molecule is C=CC(=O)OCCC(C)(O)COC(=O)c1ccccc1C(=O)OCC(C)(O)CCOC(=O)C=C. The highest BCUT2D eigenvalue weighted by atomic mass is 16.6. The van der Waals surface area contributed by atoms with E-state index in [0.29, 0.717) is 0 Å². The molecule has 0 fully saturated rings. The number of esters is 4. The van der Waals surface area contributed by atoms with Crippen LogP contribution in [0.4, 0.5) is 0 Å². The Hall–Kier alpha value is -3.50. The van der Waals surface area contributed by atoms with Crippen molar-refractivity contribution in [2.45, 2.75) is 37.9 Å². The van der Waals surface area contributed by atoms with E-state index < -0.39 is 48.3 Å². The Balaban J connectivity index is 2.68. The van der Waals surface area contributed by atoms with Gasteiger partial charge in [-0.05, 0) is 26.0 Å². The van der Waals surface area contributed by atoms with Crippen molar-refractivity contribution in [3.05, 3.63) is 60.7 Å². The minimum absolute atomic E-state index is 0.000736. The fraction of sp³-hybridized carbons (Fsp3) is 0.417. The van der Waals surface area contributed by atoms with Crippen molar-refractivity contribution in [1.29, 1.82) is 0 Å². The number of carbonyl (C=O) groups excluding carboxylic acids is 4. The molecule has 2 atom stereocenters. The number of aliphatic hydroxyl groups is 2. The van der Waals surface area contributed by atoms with E-state index >= 15 is 0 Å². The quantitative estimate of drug-likeness (QED) is 0.230. The number of hydrogen-bond donors (Lipinski definition) is 2. The molecule has 10 nitrogen and oxygen atoms in total. The summed E-state index contributed by atoms with van der Waals surface area (Å²) in [5, 5.41) is 20.6. The van der Waals surface area contributed by atoms with Gasteiger partial charge in [0.15, 0.2) is 0 Å². The number of carbonyl (C=O) groups is 4. The van der Waals surface area contributed by atoms with Crippen LogP contribution in [0, 0.1) is 0 Å². The van der Waals surface area contributed by atoms with Gasteiger partial charge in [0.25, 0.3) is 0 Å². The van der Waals surface area contributed by atoms with Crippen LogP contribution in [0.3, 0.4) is 0 Å². The van der Waals surface area contributed by atoms with Crippen LogP contribution in [-0.4, -0.2) is 71.7 Å². The summed E-state index contributed by atoms with van der Waals surface area (Å²) < 4.78 is 19.9. The van der Waals surface area contributed by atoms with Gasteiger partial charge >= 0.3 is 23.9 Å². The molecule has 0 heterocycles. The lowest BCUT2D eigenvalue weighted by atomic mass is 10.0. The van der Waals surface area contributed by atoms with E-state index in [0.717, 1.165) is 12.2 Å². The summed E-state index contributed by atoms with van der Waals surface area (Å²) in [6.07, 6.45) is 1.98. The van der Waals surface area contributed by atoms with Crippen molar-refractivity contribution in [2.24, 2.45) is 0 Å². The van der Waals surface area contributed by atoms with Gasteiger partial charge in [-0.15, -0.1) is 0 Å². The third kappa shape index (κ3) is 10.4. The molecule has 186 valence electrons. The molecular formula is C24H30O10. The zero-order valence-electron chi connectivity index (χ0n) is 19.3. The van der Waals surface area contributed by atoms with Crippen LogP contribution in [0.15, 0.2) is 49.6 Å². The first kappa shape index (κ1) is 28.5. The van der Waals surface area contributed by atoms with Crippen molar-refractivity contribution in [2.75, 3.05) is 26.4 Å². The third-order valence-corrected chi connectivity index (χ3v) is 4.50. The van der Waals surface area contributed by atoms with Crippen LogP contribution in [0.2, 0.25) is 0 Å². The standard InChI is InChI=1S/C24H30O10/c1-5-19(25)31-13-11-23(3,29)15-33-21(27)17-9-7-8-10-18(17)22(28)34-16-24(4,30)12-14-32-20(26)6-2/h5-10,29-30H,1-2,11-16H2,3-4H3. The van der Waals surface area contributed by atoms with E-state index in [1.165, 1.54) is 38.1 Å². The Morgan fingerprint density at radius 3 is 1.44 bits per heavy atom. The van der Waals surface area contributed by atoms with Crippen LogP contribution in [0.1, 0.15) is 47.4 Å². The Labute approximate surface area is 197 Å². The van der Waals surface area contributed by atoms with Crippen LogP contribution in [0.5, 0.6) is 0 Å². The molecule has 1 rings (SSSR count). The average molecular weight is 478 g/mol. The van der Waals surface area contributed by atoms with Gasteiger partial charge in [-0.25, -0.2) is 19.2 Å². The smallest absolute Gasteiger partial charge is 0.339 e. The van der Waals surface area contributed by atoms with Crippen molar-refractivity contribution >= 4 is 23.9 Å². The largest absolute Gasteiger partial charge is 0.462 e. The fourth-order valence-electron chi connectivity index (χ4n) is 2.44. The zero-order chi connectivity index (χ0) is 25.8. The molecule has 0 spiro atoms. The van der Waals surface area contributed by atoms with Crippen molar-refractivity contribution < 1.29 is 48.3 Å². The molecule has 0 saturated heterocycles. The van der Waals surface area contributed by atoms with Gasteiger partial charge in [-0.2, -0.15) is 0 Å². The van der Waals surface area contributed by atoms with Gasteiger partial charge in [-0.3, -0.25) is 0 Å². The van der Waals surface area contributed by atoms with Crippen LogP contribution >= 0.6 is 0 Å². The molecule has 0 bridgehead atoms. The maximum atomic E-state index is 12.5. The van der Waals surface area contributed by atoms with Gasteiger partial charge < -0.3 is 29.2 Å². The molecule has 0 aliphatic carbocycles. The molecule has 0 aliphatic rings. The minimum atomic E-state index is -1.49. The first-order valence-corrected chi connectivity index (χ1v) is 10.4. The summed E-state index contributed by atoms with van der Waals surface area (Å²) in [5.74, 6) is -3.04. The van der Waals surface area contributed by atoms with E-state index in [4.69, 9.17) is 18.9 Å². The van der Waals surface area contributed by atoms with Crippen molar-refractivity contribution in [3.8, 4) is 0 Å². The molecule has 2 N–H and O–H groups in total. The average Bonchev–Trinajstić information content (AvgIpc) is 2.80. The maximum Gasteiger partial charge on any atom is 0.339 e. The third-order valence-electron chi connectivity index (χ3n) is 4.50. The molecule has 10 heteroatoms. The molecule has 2 unspecified atom stereocenters. The van der Waals surface area contributed by atoms with Gasteiger partial charge in [0, 0.05) is 25.0 Å². The number of hydrogen-bond acceptors (Lipinski definition) is 10. The summed E-state index contributed by atoms with van der Waals surface area (Å²) in [4.78, 5) is 47.2. The van der Waals surface area contributed by atoms with Crippen molar-refractivity contribution in [1.82, 2.24) is 0 Å². The van der Waals surface area contributed by atoms with Crippen molar-refractivity contribution in [3.63, 3.8) is 0 Å². The summed E-state index contributed by atoms with van der Waals surface area (Å²) >= 11 is 0. The highest BCUT2D eigenvalue weighted by molar-refractivity contribution is 6.03. The minimum Gasteiger partial charge on any atom is -0.462 e. The lowest BCUT2D eigenvalue weighted by molar-refractivity contribution is -0.140. The van der Waals surface area contributed by atoms with E-state index in [1.54, 1.807) is 0 Å². The van der Waals surface area contributed by atoms with Gasteiger partial charge in [0.2, 0.25) is 0 Å². The number of benzene rings is 1. The summed E-state index contributed by atoms with van der Waals surface area (Å²) in [6.45, 7) is 8.27. The second-order valence-electron chi connectivity index (χ2n) is 7.93. The van der Waals surface area contributed by atoms with Crippen LogP contribution < -0.4 is 0 Å². The Morgan fingerprint density at radius 2 is 1.12 bits per heavy atom. The Bertz CT molecular complexity index is 828. The normalized spacial score (nSPS) is 14.0. The van der Waals surface area contributed by atoms with E-state index in [-0.39, 0.29) is 37.2 Å². The summed E-state index contributed by atoms with van der Waals surface area (Å²) in [7, 11) is 0. The second-order valence-corrected chi connectivity index (χ2v) is 7.93. The van der Waals surface area contributed by atoms with Crippen LogP contribution in [0.25, 0.3) is 0 Å². The van der Waals surface area contributed by atoms with Gasteiger partial charge in [-0.1, -0.05) is 25.3 Å². The molecule has 0 saturated carbocycles. The monoisotopic (exact) mass is 478 g/mol. The molecule has 1 aromatic carbocycles. The topological polar surface area (TPSA) is 146 Å². The molecule has 0 aliphatic heterocycles. The van der Waals surface area contributed by atoms with E-state index in [2.05, 4.69) is 13.2 Å². The molecule has 34 heavy (non-hydrogen) atoms. The summed E-state index contributed by atoms with van der Waals surface area (Å²) in [6, 6.07) is 5.74. The summed E-state index contributed by atoms with van der Waals surface area (Å²) in [5.41, 5.74) is -3.16. The number of rotatable bonds is 14. The molecule has 0 amide bonds. The van der Waals surface area contributed by atoms with Gasteiger partial charge in [0.05, 0.1) is 35.5 Å². The van der Waals surface area contributed by atoms with Gasteiger partial charge in [0.1, 0.15) is 13.2 Å². The molecular weight excluding hydrogens is 448 g/mol. The molecule has 1 aromatic rings. The lowest BCUT2D eigenvalue weighted by Gasteiger charge is -2.23. The Kier molecular flexibility index (Phi) is 11.1. The van der Waals surface area contributed by atoms with E-state index in [1.807, 2.05) is 0 Å². The molecule has 0 aromatic heterocycles.